The first-order valence-corrected chi connectivity index (χ1v) is 8.80. The number of amidine groups is 1. The molecular formula is C17H17ClN4OS. The number of nitrogens with one attached hydrogen (secondary N) is 1. The molecule has 1 aromatic heterocycles. The minimum absolute atomic E-state index is 0.306. The van der Waals surface area contributed by atoms with E-state index in [0.717, 1.165) is 5.56 Å². The second-order valence-corrected chi connectivity index (χ2v) is 7.31. The molecule has 2 heterocycles. The van der Waals surface area contributed by atoms with Crippen molar-refractivity contribution in [2.75, 3.05) is 16.8 Å². The van der Waals surface area contributed by atoms with Gasteiger partial charge in [0.05, 0.1) is 6.54 Å². The van der Waals surface area contributed by atoms with E-state index in [9.17, 15) is 4.79 Å². The number of thioether (sulfide) groups is 1. The van der Waals surface area contributed by atoms with Gasteiger partial charge in [-0.15, -0.1) is 0 Å². The summed E-state index contributed by atoms with van der Waals surface area (Å²) in [4.78, 5) is 23.3. The number of amides is 2. The van der Waals surface area contributed by atoms with Crippen molar-refractivity contribution in [2.24, 2.45) is 4.99 Å². The van der Waals surface area contributed by atoms with E-state index in [-0.39, 0.29) is 6.03 Å². The average molecular weight is 361 g/mol. The van der Waals surface area contributed by atoms with Gasteiger partial charge >= 0.3 is 6.03 Å². The number of hydrogen-bond acceptors (Lipinski definition) is 4. The molecule has 124 valence electrons. The fourth-order valence-electron chi connectivity index (χ4n) is 2.32. The number of nitrogens with zero attached hydrogens (tertiary/aromatic N) is 3. The van der Waals surface area contributed by atoms with Crippen molar-refractivity contribution in [1.29, 1.82) is 0 Å². The summed E-state index contributed by atoms with van der Waals surface area (Å²) in [7, 11) is 0. The van der Waals surface area contributed by atoms with Crippen LogP contribution in [0.25, 0.3) is 0 Å². The molecule has 1 aliphatic heterocycles. The Bertz CT molecular complexity index is 796. The molecule has 0 bridgehead atoms. The smallest absolute Gasteiger partial charge is 0.307 e. The Morgan fingerprint density at radius 2 is 2.21 bits per heavy atom. The molecular weight excluding hydrogens is 344 g/mol. The lowest BCUT2D eigenvalue weighted by atomic mass is 10.3. The van der Waals surface area contributed by atoms with E-state index in [1.807, 2.05) is 19.1 Å². The van der Waals surface area contributed by atoms with Gasteiger partial charge in [-0.05, 0) is 36.8 Å². The van der Waals surface area contributed by atoms with Crippen molar-refractivity contribution >= 4 is 46.1 Å². The van der Waals surface area contributed by atoms with Crippen molar-refractivity contribution in [2.45, 2.75) is 19.1 Å². The minimum Gasteiger partial charge on any atom is -0.307 e. The number of benzene rings is 1. The van der Waals surface area contributed by atoms with E-state index in [2.05, 4.69) is 22.2 Å². The highest BCUT2D eigenvalue weighted by Crippen LogP contribution is 2.28. The van der Waals surface area contributed by atoms with Crippen molar-refractivity contribution in [3.63, 3.8) is 0 Å². The molecule has 0 unspecified atom stereocenters. The SMILES string of the molecule is Cc1cccnc1N(C(=O)Nc1cccc(Cl)c1)C1=NC[C@H](C)S1. The standard InChI is InChI=1S/C17H17ClN4OS/c1-11-5-4-8-19-15(11)22(17-20-10-12(2)24-17)16(23)21-14-7-3-6-13(18)9-14/h3-9,12H,10H2,1-2H3,(H,21,23)/t12-/m0/s1. The molecule has 3 rings (SSSR count). The summed E-state index contributed by atoms with van der Waals surface area (Å²) >= 11 is 7.56. The van der Waals surface area contributed by atoms with Gasteiger partial charge in [-0.25, -0.2) is 14.7 Å². The monoisotopic (exact) mass is 360 g/mol. The van der Waals surface area contributed by atoms with E-state index >= 15 is 0 Å². The van der Waals surface area contributed by atoms with Crippen molar-refractivity contribution in [1.82, 2.24) is 4.98 Å². The topological polar surface area (TPSA) is 57.6 Å². The number of halogens is 1. The summed E-state index contributed by atoms with van der Waals surface area (Å²) in [5.41, 5.74) is 1.53. The Morgan fingerprint density at radius 1 is 1.38 bits per heavy atom. The zero-order chi connectivity index (χ0) is 17.1. The first-order chi connectivity index (χ1) is 11.5. The van der Waals surface area contributed by atoms with Crippen LogP contribution in [-0.2, 0) is 0 Å². The first kappa shape index (κ1) is 16.8. The van der Waals surface area contributed by atoms with E-state index in [1.54, 1.807) is 42.2 Å². The maximum atomic E-state index is 12.9. The van der Waals surface area contributed by atoms with Gasteiger partial charge in [0, 0.05) is 22.2 Å². The van der Waals surface area contributed by atoms with Gasteiger partial charge in [0.25, 0.3) is 0 Å². The molecule has 0 radical (unpaired) electrons. The third kappa shape index (κ3) is 3.71. The molecule has 2 amide bonds. The van der Waals surface area contributed by atoms with Crippen molar-refractivity contribution in [3.05, 3.63) is 53.2 Å². The molecule has 0 saturated heterocycles. The molecule has 2 aromatic rings. The maximum Gasteiger partial charge on any atom is 0.333 e. The second kappa shape index (κ2) is 7.23. The fourth-order valence-corrected chi connectivity index (χ4v) is 3.44. The Hall–Kier alpha value is -2.05. The van der Waals surface area contributed by atoms with Gasteiger partial charge in [-0.3, -0.25) is 4.99 Å². The number of rotatable bonds is 2. The van der Waals surface area contributed by atoms with E-state index in [4.69, 9.17) is 11.6 Å². The zero-order valence-corrected chi connectivity index (χ0v) is 14.9. The predicted octanol–water partition coefficient (Wildman–Crippen LogP) is 4.57. The Kier molecular flexibility index (Phi) is 5.06. The van der Waals surface area contributed by atoms with Crippen LogP contribution in [0.5, 0.6) is 0 Å². The predicted molar refractivity (Wildman–Crippen MR) is 101 cm³/mol. The molecule has 0 fully saturated rings. The number of pyridine rings is 1. The molecule has 1 aromatic carbocycles. The van der Waals surface area contributed by atoms with Crippen molar-refractivity contribution in [3.8, 4) is 0 Å². The van der Waals surface area contributed by atoms with Crippen LogP contribution in [0.1, 0.15) is 12.5 Å². The molecule has 5 nitrogen and oxygen atoms in total. The van der Waals surface area contributed by atoms with Crippen LogP contribution in [0.2, 0.25) is 5.02 Å². The third-order valence-electron chi connectivity index (χ3n) is 3.45. The molecule has 1 atom stereocenters. The Balaban J connectivity index is 1.92. The Labute approximate surface area is 150 Å². The van der Waals surface area contributed by atoms with Crippen LogP contribution in [-0.4, -0.2) is 28.0 Å². The van der Waals surface area contributed by atoms with Gasteiger partial charge in [-0.1, -0.05) is 42.4 Å². The van der Waals surface area contributed by atoms with E-state index in [1.165, 1.54) is 4.90 Å². The summed E-state index contributed by atoms with van der Waals surface area (Å²) in [6.45, 7) is 4.69. The number of aromatic nitrogens is 1. The highest BCUT2D eigenvalue weighted by atomic mass is 35.5. The highest BCUT2D eigenvalue weighted by Gasteiger charge is 2.29. The summed E-state index contributed by atoms with van der Waals surface area (Å²) in [6.07, 6.45) is 1.67. The van der Waals surface area contributed by atoms with Crippen LogP contribution in [0.15, 0.2) is 47.6 Å². The minimum atomic E-state index is -0.306. The number of carbonyl (C=O) groups is 1. The number of carbonyl (C=O) groups excluding carboxylic acids is 1. The molecule has 0 aliphatic carbocycles. The van der Waals surface area contributed by atoms with E-state index in [0.29, 0.717) is 33.5 Å². The highest BCUT2D eigenvalue weighted by molar-refractivity contribution is 8.15. The number of hydrogen-bond donors (Lipinski definition) is 1. The summed E-state index contributed by atoms with van der Waals surface area (Å²) in [5, 5.41) is 4.43. The molecule has 7 heteroatoms. The number of aryl methyl sites for hydroxylation is 1. The second-order valence-electron chi connectivity index (χ2n) is 5.47. The lowest BCUT2D eigenvalue weighted by Gasteiger charge is -2.23. The summed E-state index contributed by atoms with van der Waals surface area (Å²) in [6, 6.07) is 10.5. The average Bonchev–Trinajstić information content (AvgIpc) is 2.95. The van der Waals surface area contributed by atoms with Gasteiger partial charge < -0.3 is 5.32 Å². The first-order valence-electron chi connectivity index (χ1n) is 7.54. The largest absolute Gasteiger partial charge is 0.333 e. The lowest BCUT2D eigenvalue weighted by Crippen LogP contribution is -2.39. The number of anilines is 2. The lowest BCUT2D eigenvalue weighted by molar-refractivity contribution is 0.259. The Morgan fingerprint density at radius 3 is 2.88 bits per heavy atom. The van der Waals surface area contributed by atoms with Gasteiger partial charge in [-0.2, -0.15) is 0 Å². The molecule has 0 spiro atoms. The normalized spacial score (nSPS) is 16.6. The third-order valence-corrected chi connectivity index (χ3v) is 4.76. The molecule has 1 N–H and O–H groups in total. The van der Waals surface area contributed by atoms with Crippen molar-refractivity contribution < 1.29 is 4.79 Å². The summed E-state index contributed by atoms with van der Waals surface area (Å²) < 4.78 is 0. The van der Waals surface area contributed by atoms with Gasteiger partial charge in [0.2, 0.25) is 0 Å². The van der Waals surface area contributed by atoms with Crippen LogP contribution >= 0.6 is 23.4 Å². The zero-order valence-electron chi connectivity index (χ0n) is 13.4. The van der Waals surface area contributed by atoms with E-state index < -0.39 is 0 Å². The quantitative estimate of drug-likeness (QED) is 0.853. The molecule has 0 saturated carbocycles. The fraction of sp³-hybridized carbons (Fsp3) is 0.235. The van der Waals surface area contributed by atoms with Crippen LogP contribution in [0.4, 0.5) is 16.3 Å². The van der Waals surface area contributed by atoms with Crippen LogP contribution < -0.4 is 10.2 Å². The number of urea groups is 1. The molecule has 1 aliphatic rings. The van der Waals surface area contributed by atoms with Gasteiger partial charge in [0.1, 0.15) is 5.82 Å². The number of aliphatic imine (C=N–C) groups is 1. The molecule has 24 heavy (non-hydrogen) atoms. The van der Waals surface area contributed by atoms with Gasteiger partial charge in [0.15, 0.2) is 5.17 Å². The van der Waals surface area contributed by atoms with Crippen LogP contribution in [0, 0.1) is 6.92 Å². The maximum absolute atomic E-state index is 12.9. The van der Waals surface area contributed by atoms with Crippen LogP contribution in [0.3, 0.4) is 0 Å². The summed E-state index contributed by atoms with van der Waals surface area (Å²) in [5.74, 6) is 0.581.